The van der Waals surface area contributed by atoms with Gasteiger partial charge in [-0.1, -0.05) is 18.7 Å². The minimum atomic E-state index is -0.762. The Labute approximate surface area is 111 Å². The van der Waals surface area contributed by atoms with Gasteiger partial charge in [0, 0.05) is 12.3 Å². The number of methoxy groups -OCH3 is 1. The van der Waals surface area contributed by atoms with E-state index in [1.165, 1.54) is 18.1 Å². The molecule has 0 aliphatic carbocycles. The SMILES string of the molecule is CCCNc1ncnc(SCC(O)CO)c1OC. The number of hydrogen-bond donors (Lipinski definition) is 3. The number of aliphatic hydroxyl groups is 2. The second kappa shape index (κ2) is 8.12. The topological polar surface area (TPSA) is 87.5 Å². The maximum absolute atomic E-state index is 9.32. The highest BCUT2D eigenvalue weighted by Crippen LogP contribution is 2.32. The Morgan fingerprint density at radius 1 is 1.50 bits per heavy atom. The number of nitrogens with zero attached hydrogens (tertiary/aromatic N) is 2. The lowest BCUT2D eigenvalue weighted by Crippen LogP contribution is -2.15. The zero-order chi connectivity index (χ0) is 13.4. The normalized spacial score (nSPS) is 12.2. The van der Waals surface area contributed by atoms with E-state index in [1.54, 1.807) is 7.11 Å². The Morgan fingerprint density at radius 2 is 2.28 bits per heavy atom. The highest BCUT2D eigenvalue weighted by Gasteiger charge is 2.13. The molecule has 102 valence electrons. The van der Waals surface area contributed by atoms with E-state index in [4.69, 9.17) is 9.84 Å². The van der Waals surface area contributed by atoms with Gasteiger partial charge < -0.3 is 20.3 Å². The third kappa shape index (κ3) is 4.32. The highest BCUT2D eigenvalue weighted by molar-refractivity contribution is 7.99. The summed E-state index contributed by atoms with van der Waals surface area (Å²) in [6.45, 7) is 2.60. The van der Waals surface area contributed by atoms with Crippen LogP contribution in [0.25, 0.3) is 0 Å². The second-order valence-corrected chi connectivity index (χ2v) is 4.64. The minimum absolute atomic E-state index is 0.263. The van der Waals surface area contributed by atoms with Crippen molar-refractivity contribution in [2.45, 2.75) is 24.5 Å². The predicted molar refractivity (Wildman–Crippen MR) is 71.2 cm³/mol. The van der Waals surface area contributed by atoms with Crippen molar-refractivity contribution in [1.29, 1.82) is 0 Å². The van der Waals surface area contributed by atoms with Gasteiger partial charge in [-0.2, -0.15) is 0 Å². The van der Waals surface area contributed by atoms with Gasteiger partial charge in [-0.15, -0.1) is 0 Å². The van der Waals surface area contributed by atoms with Crippen LogP contribution in [0.3, 0.4) is 0 Å². The van der Waals surface area contributed by atoms with E-state index in [9.17, 15) is 5.11 Å². The fraction of sp³-hybridized carbons (Fsp3) is 0.636. The summed E-state index contributed by atoms with van der Waals surface area (Å²) < 4.78 is 5.29. The van der Waals surface area contributed by atoms with Crippen LogP contribution >= 0.6 is 11.8 Å². The van der Waals surface area contributed by atoms with Crippen LogP contribution in [0.1, 0.15) is 13.3 Å². The molecule has 0 amide bonds. The van der Waals surface area contributed by atoms with Gasteiger partial charge in [0.2, 0.25) is 0 Å². The van der Waals surface area contributed by atoms with E-state index in [0.29, 0.717) is 22.3 Å². The first-order valence-corrected chi connectivity index (χ1v) is 6.76. The molecule has 18 heavy (non-hydrogen) atoms. The number of anilines is 1. The summed E-state index contributed by atoms with van der Waals surface area (Å²) in [6, 6.07) is 0. The smallest absolute Gasteiger partial charge is 0.193 e. The van der Waals surface area contributed by atoms with Crippen LogP contribution in [0.4, 0.5) is 5.82 Å². The van der Waals surface area contributed by atoms with E-state index in [2.05, 4.69) is 22.2 Å². The maximum atomic E-state index is 9.32. The number of aromatic nitrogens is 2. The third-order valence-corrected chi connectivity index (χ3v) is 3.26. The molecule has 3 N–H and O–H groups in total. The minimum Gasteiger partial charge on any atom is -0.490 e. The standard InChI is InChI=1S/C11H19N3O3S/c1-3-4-12-10-9(17-2)11(14-7-13-10)18-6-8(16)5-15/h7-8,15-16H,3-6H2,1-2H3,(H,12,13,14). The summed E-state index contributed by atoms with van der Waals surface area (Å²) in [5, 5.41) is 21.9. The van der Waals surface area contributed by atoms with Gasteiger partial charge in [0.15, 0.2) is 11.6 Å². The Balaban J connectivity index is 2.77. The van der Waals surface area contributed by atoms with Crippen LogP contribution in [0, 0.1) is 0 Å². The van der Waals surface area contributed by atoms with Gasteiger partial charge in [-0.25, -0.2) is 9.97 Å². The van der Waals surface area contributed by atoms with Gasteiger partial charge in [-0.3, -0.25) is 0 Å². The maximum Gasteiger partial charge on any atom is 0.193 e. The first-order valence-electron chi connectivity index (χ1n) is 5.77. The van der Waals surface area contributed by atoms with Gasteiger partial charge in [0.25, 0.3) is 0 Å². The lowest BCUT2D eigenvalue weighted by Gasteiger charge is -2.13. The molecule has 1 unspecified atom stereocenters. The number of hydrogen-bond acceptors (Lipinski definition) is 7. The zero-order valence-electron chi connectivity index (χ0n) is 10.6. The molecule has 0 fully saturated rings. The summed E-state index contributed by atoms with van der Waals surface area (Å²) in [4.78, 5) is 8.24. The Bertz CT molecular complexity index is 365. The van der Waals surface area contributed by atoms with Crippen LogP contribution < -0.4 is 10.1 Å². The molecular formula is C11H19N3O3S. The van der Waals surface area contributed by atoms with E-state index in [-0.39, 0.29) is 6.61 Å². The molecule has 0 aliphatic heterocycles. The quantitative estimate of drug-likeness (QED) is 0.476. The van der Waals surface area contributed by atoms with Crippen molar-refractivity contribution in [3.05, 3.63) is 6.33 Å². The van der Waals surface area contributed by atoms with Crippen LogP contribution in [0.15, 0.2) is 11.4 Å². The van der Waals surface area contributed by atoms with Crippen molar-refractivity contribution < 1.29 is 14.9 Å². The Hall–Kier alpha value is -1.05. The zero-order valence-corrected chi connectivity index (χ0v) is 11.4. The largest absolute Gasteiger partial charge is 0.490 e. The molecule has 6 nitrogen and oxygen atoms in total. The van der Waals surface area contributed by atoms with Crippen LogP contribution in [-0.2, 0) is 0 Å². The molecule has 1 aromatic rings. The number of thioether (sulfide) groups is 1. The highest BCUT2D eigenvalue weighted by atomic mass is 32.2. The number of nitrogens with one attached hydrogen (secondary N) is 1. The third-order valence-electron chi connectivity index (χ3n) is 2.14. The molecule has 7 heteroatoms. The molecule has 0 spiro atoms. The molecule has 0 bridgehead atoms. The summed E-state index contributed by atoms with van der Waals surface area (Å²) in [7, 11) is 1.56. The van der Waals surface area contributed by atoms with Gasteiger partial charge in [0.1, 0.15) is 11.4 Å². The molecule has 1 atom stereocenters. The van der Waals surface area contributed by atoms with E-state index in [0.717, 1.165) is 13.0 Å². The molecule has 1 aromatic heterocycles. The number of aliphatic hydroxyl groups excluding tert-OH is 2. The van der Waals surface area contributed by atoms with Crippen LogP contribution in [0.2, 0.25) is 0 Å². The summed E-state index contributed by atoms with van der Waals surface area (Å²) in [5.74, 6) is 1.58. The lowest BCUT2D eigenvalue weighted by atomic mass is 10.4. The molecule has 0 saturated heterocycles. The average molecular weight is 273 g/mol. The average Bonchev–Trinajstić information content (AvgIpc) is 2.42. The fourth-order valence-electron chi connectivity index (χ4n) is 1.24. The van der Waals surface area contributed by atoms with Gasteiger partial charge in [0.05, 0.1) is 19.8 Å². The van der Waals surface area contributed by atoms with Crippen LogP contribution in [-0.4, -0.2) is 52.3 Å². The predicted octanol–water partition coefficient (Wildman–Crippen LogP) is 0.752. The van der Waals surface area contributed by atoms with Crippen molar-refractivity contribution in [2.24, 2.45) is 0 Å². The van der Waals surface area contributed by atoms with Crippen molar-refractivity contribution in [3.63, 3.8) is 0 Å². The van der Waals surface area contributed by atoms with Crippen LogP contribution in [0.5, 0.6) is 5.75 Å². The van der Waals surface area contributed by atoms with Crippen molar-refractivity contribution >= 4 is 17.6 Å². The summed E-state index contributed by atoms with van der Waals surface area (Å²) in [5.41, 5.74) is 0. The Kier molecular flexibility index (Phi) is 6.77. The van der Waals surface area contributed by atoms with E-state index in [1.807, 2.05) is 0 Å². The molecule has 0 aromatic carbocycles. The summed E-state index contributed by atoms with van der Waals surface area (Å²) >= 11 is 1.33. The van der Waals surface area contributed by atoms with E-state index < -0.39 is 6.10 Å². The molecule has 0 saturated carbocycles. The Morgan fingerprint density at radius 3 is 2.89 bits per heavy atom. The van der Waals surface area contributed by atoms with Gasteiger partial charge in [-0.05, 0) is 6.42 Å². The number of ether oxygens (including phenoxy) is 1. The van der Waals surface area contributed by atoms with Gasteiger partial charge >= 0.3 is 0 Å². The second-order valence-electron chi connectivity index (χ2n) is 3.63. The first kappa shape index (κ1) is 15.0. The molecular weight excluding hydrogens is 254 g/mol. The van der Waals surface area contributed by atoms with Crippen molar-refractivity contribution in [3.8, 4) is 5.75 Å². The van der Waals surface area contributed by atoms with Crippen molar-refractivity contribution in [1.82, 2.24) is 9.97 Å². The van der Waals surface area contributed by atoms with E-state index >= 15 is 0 Å². The van der Waals surface area contributed by atoms with Crippen molar-refractivity contribution in [2.75, 3.05) is 31.3 Å². The number of rotatable bonds is 8. The molecule has 1 rings (SSSR count). The monoisotopic (exact) mass is 273 g/mol. The first-order chi connectivity index (χ1) is 8.72. The lowest BCUT2D eigenvalue weighted by molar-refractivity contribution is 0.113. The summed E-state index contributed by atoms with van der Waals surface area (Å²) in [6.07, 6.45) is 1.68. The molecule has 0 radical (unpaired) electrons. The fourth-order valence-corrected chi connectivity index (χ4v) is 2.13. The molecule has 0 aliphatic rings. The molecule has 1 heterocycles.